The molecule has 0 atom stereocenters. The Kier molecular flexibility index (Phi) is 4.87. The molecule has 1 aliphatic carbocycles. The molecule has 0 unspecified atom stereocenters. The van der Waals surface area contributed by atoms with E-state index in [1.807, 2.05) is 48.5 Å². The zero-order chi connectivity index (χ0) is 21.9. The topological polar surface area (TPSA) is 40.5 Å². The van der Waals surface area contributed by atoms with Crippen molar-refractivity contribution < 1.29 is 10.2 Å². The number of hydrogen-bond acceptors (Lipinski definition) is 2. The molecular weight excluding hydrogens is 474 g/mol. The normalized spacial score (nSPS) is 13.7. The highest BCUT2D eigenvalue weighted by Crippen LogP contribution is 2.61. The molecule has 0 amide bonds. The van der Waals surface area contributed by atoms with E-state index >= 15 is 0 Å². The zero-order valence-corrected chi connectivity index (χ0v) is 18.9. The van der Waals surface area contributed by atoms with Crippen LogP contribution in [0.25, 0.3) is 11.1 Å². The third kappa shape index (κ3) is 2.86. The zero-order valence-electron chi connectivity index (χ0n) is 15.8. The van der Waals surface area contributed by atoms with Crippen LogP contribution in [0.4, 0.5) is 0 Å². The number of halogens is 4. The Morgan fingerprint density at radius 3 is 1.32 bits per heavy atom. The number of phenolic OH excluding ortho intramolecular Hbond substituents is 2. The van der Waals surface area contributed by atoms with Crippen molar-refractivity contribution >= 4 is 46.4 Å². The summed E-state index contributed by atoms with van der Waals surface area (Å²) in [5, 5.41) is 23.2. The second-order valence-electron chi connectivity index (χ2n) is 7.41. The molecule has 4 aromatic carbocycles. The van der Waals surface area contributed by atoms with Crippen molar-refractivity contribution in [2.24, 2.45) is 0 Å². The molecule has 0 aromatic heterocycles. The monoisotopic (exact) mass is 486 g/mol. The number of rotatable bonds is 2. The number of aromatic hydroxyl groups is 2. The third-order valence-electron chi connectivity index (χ3n) is 5.82. The maximum Gasteiger partial charge on any atom is 0.139 e. The number of hydrogen-bond donors (Lipinski definition) is 2. The smallest absolute Gasteiger partial charge is 0.139 e. The summed E-state index contributed by atoms with van der Waals surface area (Å²) in [6, 6.07) is 21.9. The van der Waals surface area contributed by atoms with Gasteiger partial charge in [-0.3, -0.25) is 0 Å². The van der Waals surface area contributed by atoms with Crippen LogP contribution in [0.5, 0.6) is 11.5 Å². The molecular formula is C25H14Cl4O2. The van der Waals surface area contributed by atoms with Crippen LogP contribution in [0.1, 0.15) is 22.3 Å². The second kappa shape index (κ2) is 7.36. The van der Waals surface area contributed by atoms with E-state index in [9.17, 15) is 10.2 Å². The van der Waals surface area contributed by atoms with Crippen LogP contribution < -0.4 is 0 Å². The first-order chi connectivity index (χ1) is 14.9. The average Bonchev–Trinajstić information content (AvgIpc) is 3.05. The lowest BCUT2D eigenvalue weighted by Crippen LogP contribution is -2.29. The standard InChI is InChI=1S/C25H14Cl4O2/c26-13-9-19(23(30)21(28)11-13)25(20-10-14(27)12-22(29)24(20)31)17-7-3-1-5-15(17)16-6-2-4-8-18(16)25/h1-12,30-31H. The van der Waals surface area contributed by atoms with E-state index < -0.39 is 5.41 Å². The number of benzene rings is 4. The molecule has 154 valence electrons. The van der Waals surface area contributed by atoms with Crippen molar-refractivity contribution in [3.8, 4) is 22.6 Å². The van der Waals surface area contributed by atoms with Gasteiger partial charge in [0.2, 0.25) is 0 Å². The lowest BCUT2D eigenvalue weighted by molar-refractivity contribution is 0.448. The van der Waals surface area contributed by atoms with E-state index in [-0.39, 0.29) is 21.5 Å². The van der Waals surface area contributed by atoms with Crippen LogP contribution in [0.3, 0.4) is 0 Å². The first-order valence-electron chi connectivity index (χ1n) is 9.42. The van der Waals surface area contributed by atoms with Gasteiger partial charge in [0.05, 0.1) is 15.5 Å². The molecule has 0 heterocycles. The van der Waals surface area contributed by atoms with E-state index in [0.717, 1.165) is 22.3 Å². The predicted molar refractivity (Wildman–Crippen MR) is 127 cm³/mol. The maximum absolute atomic E-state index is 11.2. The molecule has 0 spiro atoms. The summed E-state index contributed by atoms with van der Waals surface area (Å²) in [5.74, 6) is -0.263. The van der Waals surface area contributed by atoms with Gasteiger partial charge in [0.1, 0.15) is 11.5 Å². The van der Waals surface area contributed by atoms with Crippen molar-refractivity contribution in [1.82, 2.24) is 0 Å². The van der Waals surface area contributed by atoms with Crippen LogP contribution in [0.2, 0.25) is 20.1 Å². The largest absolute Gasteiger partial charge is 0.506 e. The van der Waals surface area contributed by atoms with Gasteiger partial charge in [-0.1, -0.05) is 94.9 Å². The SMILES string of the molecule is Oc1c(Cl)cc(Cl)cc1C1(c2cc(Cl)cc(Cl)c2O)c2ccccc2-c2ccccc21. The van der Waals surface area contributed by atoms with E-state index in [2.05, 4.69) is 0 Å². The molecule has 0 bridgehead atoms. The Labute approximate surface area is 199 Å². The molecule has 0 saturated carbocycles. The Balaban J connectivity index is 2.07. The highest BCUT2D eigenvalue weighted by Gasteiger charge is 2.49. The molecule has 2 nitrogen and oxygen atoms in total. The van der Waals surface area contributed by atoms with Crippen molar-refractivity contribution in [3.63, 3.8) is 0 Å². The quantitative estimate of drug-likeness (QED) is 0.264. The van der Waals surface area contributed by atoms with Gasteiger partial charge in [-0.25, -0.2) is 0 Å². The van der Waals surface area contributed by atoms with Crippen LogP contribution in [0, 0.1) is 0 Å². The highest BCUT2D eigenvalue weighted by molar-refractivity contribution is 6.36. The summed E-state index contributed by atoms with van der Waals surface area (Å²) in [4.78, 5) is 0. The summed E-state index contributed by atoms with van der Waals surface area (Å²) in [6.07, 6.45) is 0. The molecule has 0 radical (unpaired) electrons. The van der Waals surface area contributed by atoms with E-state index in [0.29, 0.717) is 21.2 Å². The lowest BCUT2D eigenvalue weighted by atomic mass is 9.67. The van der Waals surface area contributed by atoms with Gasteiger partial charge in [0.15, 0.2) is 0 Å². The Morgan fingerprint density at radius 1 is 0.516 bits per heavy atom. The Hall–Kier alpha value is -2.36. The lowest BCUT2D eigenvalue weighted by Gasteiger charge is -2.35. The third-order valence-corrected chi connectivity index (χ3v) is 6.83. The Morgan fingerprint density at radius 2 is 0.903 bits per heavy atom. The van der Waals surface area contributed by atoms with Crippen LogP contribution in [0.15, 0.2) is 72.8 Å². The fourth-order valence-electron chi connectivity index (χ4n) is 4.66. The van der Waals surface area contributed by atoms with Crippen LogP contribution >= 0.6 is 46.4 Å². The molecule has 0 saturated heterocycles. The van der Waals surface area contributed by atoms with Gasteiger partial charge in [0.25, 0.3) is 0 Å². The molecule has 5 rings (SSSR count). The molecule has 0 fully saturated rings. The first kappa shape index (κ1) is 20.5. The minimum absolute atomic E-state index is 0.108. The van der Waals surface area contributed by atoms with Gasteiger partial charge in [-0.05, 0) is 46.5 Å². The summed E-state index contributed by atoms with van der Waals surface area (Å²) in [5.41, 5.74) is 3.32. The number of phenols is 2. The summed E-state index contributed by atoms with van der Waals surface area (Å²) in [7, 11) is 0. The summed E-state index contributed by atoms with van der Waals surface area (Å²) < 4.78 is 0. The predicted octanol–water partition coefficient (Wildman–Crippen LogP) is 8.07. The van der Waals surface area contributed by atoms with E-state index in [4.69, 9.17) is 46.4 Å². The van der Waals surface area contributed by atoms with Gasteiger partial charge in [-0.15, -0.1) is 0 Å². The summed E-state index contributed by atoms with van der Waals surface area (Å²) in [6.45, 7) is 0. The van der Waals surface area contributed by atoms with Gasteiger partial charge < -0.3 is 10.2 Å². The fourth-order valence-corrected chi connectivity index (χ4v) is 5.65. The van der Waals surface area contributed by atoms with E-state index in [1.54, 1.807) is 12.1 Å². The molecule has 0 aliphatic heterocycles. The number of fused-ring (bicyclic) bond motifs is 3. The average molecular weight is 488 g/mol. The molecule has 31 heavy (non-hydrogen) atoms. The molecule has 1 aliphatic rings. The van der Waals surface area contributed by atoms with Gasteiger partial charge in [-0.2, -0.15) is 0 Å². The highest BCUT2D eigenvalue weighted by atomic mass is 35.5. The Bertz CT molecular complexity index is 1260. The van der Waals surface area contributed by atoms with E-state index in [1.165, 1.54) is 12.1 Å². The van der Waals surface area contributed by atoms with Crippen LogP contribution in [-0.2, 0) is 5.41 Å². The maximum atomic E-state index is 11.2. The van der Waals surface area contributed by atoms with Crippen molar-refractivity contribution in [3.05, 3.63) is 115 Å². The van der Waals surface area contributed by atoms with Crippen molar-refractivity contribution in [1.29, 1.82) is 0 Å². The molecule has 4 aromatic rings. The first-order valence-corrected chi connectivity index (χ1v) is 10.9. The molecule has 2 N–H and O–H groups in total. The van der Waals surface area contributed by atoms with Crippen molar-refractivity contribution in [2.45, 2.75) is 5.41 Å². The van der Waals surface area contributed by atoms with Crippen molar-refractivity contribution in [2.75, 3.05) is 0 Å². The van der Waals surface area contributed by atoms with Gasteiger partial charge in [0, 0.05) is 21.2 Å². The van der Waals surface area contributed by atoms with Crippen LogP contribution in [-0.4, -0.2) is 10.2 Å². The second-order valence-corrected chi connectivity index (χ2v) is 9.10. The minimum Gasteiger partial charge on any atom is -0.506 e. The summed E-state index contributed by atoms with van der Waals surface area (Å²) >= 11 is 25.5. The molecule has 6 heteroatoms. The fraction of sp³-hybridized carbons (Fsp3) is 0.0400. The van der Waals surface area contributed by atoms with Gasteiger partial charge >= 0.3 is 0 Å². The minimum atomic E-state index is -1.15.